The topological polar surface area (TPSA) is 29.5 Å². The predicted octanol–water partition coefficient (Wildman–Crippen LogP) is 6.32. The second-order valence-electron chi connectivity index (χ2n) is 8.60. The fourth-order valence-electron chi connectivity index (χ4n) is 4.78. The summed E-state index contributed by atoms with van der Waals surface area (Å²) in [5, 5.41) is 0. The van der Waals surface area contributed by atoms with E-state index in [0.29, 0.717) is 6.61 Å². The van der Waals surface area contributed by atoms with E-state index in [1.807, 2.05) is 48.5 Å². The molecule has 3 aromatic rings. The molecule has 0 aromatic heterocycles. The summed E-state index contributed by atoms with van der Waals surface area (Å²) < 4.78 is 5.93. The van der Waals surface area contributed by atoms with Gasteiger partial charge in [-0.1, -0.05) is 67.6 Å². The summed E-state index contributed by atoms with van der Waals surface area (Å²) in [7, 11) is 0. The van der Waals surface area contributed by atoms with Crippen molar-refractivity contribution in [1.82, 2.24) is 4.90 Å². The van der Waals surface area contributed by atoms with Gasteiger partial charge in [-0.2, -0.15) is 0 Å². The molecular formula is C29H33NO2. The van der Waals surface area contributed by atoms with Gasteiger partial charge in [0.25, 0.3) is 0 Å². The zero-order chi connectivity index (χ0) is 22.2. The fraction of sp³-hybridized carbons (Fsp3) is 0.345. The second kappa shape index (κ2) is 11.1. The minimum atomic E-state index is -0.217. The molecule has 0 bridgehead atoms. The number of rotatable bonds is 10. The van der Waals surface area contributed by atoms with E-state index in [0.717, 1.165) is 29.8 Å². The molecule has 3 aromatic carbocycles. The van der Waals surface area contributed by atoms with Crippen LogP contribution in [0.3, 0.4) is 0 Å². The average Bonchev–Trinajstić information content (AvgIpc) is 3.37. The van der Waals surface area contributed by atoms with Crippen LogP contribution in [0.2, 0.25) is 0 Å². The lowest BCUT2D eigenvalue weighted by Crippen LogP contribution is -2.25. The molecule has 1 saturated heterocycles. The minimum Gasteiger partial charge on any atom is -0.492 e. The van der Waals surface area contributed by atoms with Crippen LogP contribution in [0.15, 0.2) is 84.9 Å². The van der Waals surface area contributed by atoms with Crippen molar-refractivity contribution in [2.24, 2.45) is 0 Å². The van der Waals surface area contributed by atoms with E-state index >= 15 is 0 Å². The first-order valence-electron chi connectivity index (χ1n) is 11.9. The molecule has 1 fully saturated rings. The molecular weight excluding hydrogens is 394 g/mol. The highest BCUT2D eigenvalue weighted by Gasteiger charge is 2.30. The summed E-state index contributed by atoms with van der Waals surface area (Å²) in [6, 6.07) is 28.3. The predicted molar refractivity (Wildman–Crippen MR) is 131 cm³/mol. The van der Waals surface area contributed by atoms with Crippen molar-refractivity contribution in [3.05, 3.63) is 102 Å². The second-order valence-corrected chi connectivity index (χ2v) is 8.60. The van der Waals surface area contributed by atoms with Gasteiger partial charge in [-0.05, 0) is 73.7 Å². The molecule has 0 amide bonds. The summed E-state index contributed by atoms with van der Waals surface area (Å²) in [5.74, 6) is 0.899. The minimum absolute atomic E-state index is 0.127. The lowest BCUT2D eigenvalue weighted by atomic mass is 9.76. The van der Waals surface area contributed by atoms with Crippen LogP contribution in [0.25, 0.3) is 0 Å². The SMILES string of the molecule is CCC(c1ccccc1)C(C(=O)c1ccc(OCCN2CCCC2)cc1)c1ccccc1. The third-order valence-electron chi connectivity index (χ3n) is 6.52. The Morgan fingerprint density at radius 1 is 0.844 bits per heavy atom. The molecule has 0 spiro atoms. The molecule has 0 N–H and O–H groups in total. The molecule has 1 aliphatic heterocycles. The van der Waals surface area contributed by atoms with E-state index < -0.39 is 0 Å². The van der Waals surface area contributed by atoms with Crippen LogP contribution in [0.1, 0.15) is 59.5 Å². The van der Waals surface area contributed by atoms with Crippen molar-refractivity contribution in [2.75, 3.05) is 26.2 Å². The van der Waals surface area contributed by atoms with Gasteiger partial charge in [-0.3, -0.25) is 9.69 Å². The van der Waals surface area contributed by atoms with Crippen LogP contribution in [-0.4, -0.2) is 36.9 Å². The van der Waals surface area contributed by atoms with Gasteiger partial charge in [0.2, 0.25) is 0 Å². The molecule has 0 radical (unpaired) electrons. The fourth-order valence-corrected chi connectivity index (χ4v) is 4.78. The number of Topliss-reactive ketones (excluding diaryl/α,β-unsaturated/α-hetero) is 1. The Morgan fingerprint density at radius 2 is 1.44 bits per heavy atom. The maximum atomic E-state index is 13.8. The Bertz CT molecular complexity index is 963. The van der Waals surface area contributed by atoms with Crippen LogP contribution in [0.4, 0.5) is 0 Å². The number of ether oxygens (including phenoxy) is 1. The molecule has 1 aliphatic rings. The first kappa shape index (κ1) is 22.3. The largest absolute Gasteiger partial charge is 0.492 e. The van der Waals surface area contributed by atoms with Gasteiger partial charge >= 0.3 is 0 Å². The average molecular weight is 428 g/mol. The van der Waals surface area contributed by atoms with Crippen molar-refractivity contribution < 1.29 is 9.53 Å². The third kappa shape index (κ3) is 5.46. The molecule has 3 nitrogen and oxygen atoms in total. The monoisotopic (exact) mass is 427 g/mol. The zero-order valence-electron chi connectivity index (χ0n) is 19.0. The number of hydrogen-bond donors (Lipinski definition) is 0. The van der Waals surface area contributed by atoms with Crippen molar-refractivity contribution in [1.29, 1.82) is 0 Å². The first-order chi connectivity index (χ1) is 15.8. The maximum absolute atomic E-state index is 13.8. The standard InChI is InChI=1S/C29H33NO2/c1-2-27(23-11-5-3-6-12-23)28(24-13-7-4-8-14-24)29(31)25-15-17-26(18-16-25)32-22-21-30-19-9-10-20-30/h3-8,11-18,27-28H,2,9-10,19-22H2,1H3. The lowest BCUT2D eigenvalue weighted by Gasteiger charge is -2.26. The highest BCUT2D eigenvalue weighted by molar-refractivity contribution is 6.01. The molecule has 2 atom stereocenters. The number of likely N-dealkylation sites (tertiary alicyclic amines) is 1. The van der Waals surface area contributed by atoms with Gasteiger partial charge in [0, 0.05) is 12.1 Å². The summed E-state index contributed by atoms with van der Waals surface area (Å²) in [4.78, 5) is 16.2. The highest BCUT2D eigenvalue weighted by atomic mass is 16.5. The molecule has 4 rings (SSSR count). The van der Waals surface area contributed by atoms with E-state index in [-0.39, 0.29) is 17.6 Å². The van der Waals surface area contributed by atoms with Gasteiger partial charge in [0.05, 0.1) is 5.92 Å². The summed E-state index contributed by atoms with van der Waals surface area (Å²) in [6.45, 7) is 6.17. The molecule has 1 heterocycles. The van der Waals surface area contributed by atoms with Gasteiger partial charge in [-0.25, -0.2) is 0 Å². The summed E-state index contributed by atoms with van der Waals surface area (Å²) >= 11 is 0. The number of ketones is 1. The van der Waals surface area contributed by atoms with E-state index in [2.05, 4.69) is 48.2 Å². The van der Waals surface area contributed by atoms with E-state index in [1.165, 1.54) is 31.5 Å². The van der Waals surface area contributed by atoms with E-state index in [9.17, 15) is 4.79 Å². The van der Waals surface area contributed by atoms with Gasteiger partial charge in [-0.15, -0.1) is 0 Å². The van der Waals surface area contributed by atoms with Crippen molar-refractivity contribution in [3.8, 4) is 5.75 Å². The maximum Gasteiger partial charge on any atom is 0.170 e. The Kier molecular flexibility index (Phi) is 7.73. The summed E-state index contributed by atoms with van der Waals surface area (Å²) in [5.41, 5.74) is 3.01. The van der Waals surface area contributed by atoms with Crippen LogP contribution in [0.5, 0.6) is 5.75 Å². The highest BCUT2D eigenvalue weighted by Crippen LogP contribution is 2.38. The zero-order valence-corrected chi connectivity index (χ0v) is 19.0. The molecule has 2 unspecified atom stereocenters. The lowest BCUT2D eigenvalue weighted by molar-refractivity contribution is 0.0945. The van der Waals surface area contributed by atoms with Gasteiger partial charge in [0.15, 0.2) is 5.78 Å². The molecule has 3 heteroatoms. The van der Waals surface area contributed by atoms with Gasteiger partial charge < -0.3 is 4.74 Å². The number of carbonyl (C=O) groups excluding carboxylic acids is 1. The molecule has 0 saturated carbocycles. The Labute approximate surface area is 192 Å². The van der Waals surface area contributed by atoms with Crippen molar-refractivity contribution in [2.45, 2.75) is 38.0 Å². The van der Waals surface area contributed by atoms with Crippen LogP contribution in [0, 0.1) is 0 Å². The summed E-state index contributed by atoms with van der Waals surface area (Å²) in [6.07, 6.45) is 3.48. The normalized spacial score (nSPS) is 15.9. The number of nitrogens with zero attached hydrogens (tertiary/aromatic N) is 1. The molecule has 166 valence electrons. The van der Waals surface area contributed by atoms with Crippen LogP contribution < -0.4 is 4.74 Å². The Balaban J connectivity index is 1.51. The smallest absolute Gasteiger partial charge is 0.170 e. The Morgan fingerprint density at radius 3 is 2.03 bits per heavy atom. The van der Waals surface area contributed by atoms with Crippen LogP contribution in [-0.2, 0) is 0 Å². The van der Waals surface area contributed by atoms with E-state index in [1.54, 1.807) is 0 Å². The quantitative estimate of drug-likeness (QED) is 0.355. The van der Waals surface area contributed by atoms with Crippen molar-refractivity contribution >= 4 is 5.78 Å². The number of hydrogen-bond acceptors (Lipinski definition) is 3. The Hall–Kier alpha value is -2.91. The van der Waals surface area contributed by atoms with E-state index in [4.69, 9.17) is 4.74 Å². The van der Waals surface area contributed by atoms with Gasteiger partial charge in [0.1, 0.15) is 12.4 Å². The number of benzene rings is 3. The number of carbonyl (C=O) groups is 1. The molecule has 0 aliphatic carbocycles. The van der Waals surface area contributed by atoms with Crippen molar-refractivity contribution in [3.63, 3.8) is 0 Å². The third-order valence-corrected chi connectivity index (χ3v) is 6.52. The first-order valence-corrected chi connectivity index (χ1v) is 11.9. The van der Waals surface area contributed by atoms with Crippen LogP contribution >= 0.6 is 0 Å². The molecule has 32 heavy (non-hydrogen) atoms.